The molecule has 0 saturated carbocycles. The molecule has 0 spiro atoms. The first kappa shape index (κ1) is 17.9. The van der Waals surface area contributed by atoms with Gasteiger partial charge in [-0.2, -0.15) is 0 Å². The largest absolute Gasteiger partial charge is 0.344 e. The second-order valence-corrected chi connectivity index (χ2v) is 7.13. The van der Waals surface area contributed by atoms with E-state index in [1.165, 1.54) is 17.2 Å². The first-order chi connectivity index (χ1) is 12.0. The lowest BCUT2D eigenvalue weighted by Gasteiger charge is -2.26. The van der Waals surface area contributed by atoms with Crippen molar-refractivity contribution in [2.24, 2.45) is 0 Å². The molecule has 5 heteroatoms. The summed E-state index contributed by atoms with van der Waals surface area (Å²) in [5.41, 5.74) is 2.99. The van der Waals surface area contributed by atoms with E-state index in [2.05, 4.69) is 17.4 Å². The summed E-state index contributed by atoms with van der Waals surface area (Å²) in [4.78, 5) is 13.3. The number of hydrogen-bond acceptors (Lipinski definition) is 1. The lowest BCUT2D eigenvalue weighted by molar-refractivity contribution is -0.885. The van der Waals surface area contributed by atoms with Crippen LogP contribution in [0.2, 0.25) is 5.02 Å². The van der Waals surface area contributed by atoms with Crippen LogP contribution in [0.25, 0.3) is 0 Å². The number of quaternary nitrogens is 1. The number of nitrogens with one attached hydrogen (secondary N) is 2. The maximum absolute atomic E-state index is 13.9. The molecule has 0 aliphatic heterocycles. The van der Waals surface area contributed by atoms with Crippen LogP contribution < -0.4 is 10.2 Å². The van der Waals surface area contributed by atoms with Crippen molar-refractivity contribution in [2.45, 2.75) is 31.8 Å². The van der Waals surface area contributed by atoms with Gasteiger partial charge in [0.15, 0.2) is 6.54 Å². The Morgan fingerprint density at radius 2 is 2.08 bits per heavy atom. The molecule has 0 radical (unpaired) electrons. The zero-order chi connectivity index (χ0) is 17.8. The summed E-state index contributed by atoms with van der Waals surface area (Å²) < 4.78 is 13.9. The van der Waals surface area contributed by atoms with E-state index in [9.17, 15) is 9.18 Å². The molecule has 0 saturated heterocycles. The van der Waals surface area contributed by atoms with E-state index in [4.69, 9.17) is 11.6 Å². The number of rotatable bonds is 5. The van der Waals surface area contributed by atoms with Gasteiger partial charge in [-0.25, -0.2) is 4.39 Å². The maximum Gasteiger partial charge on any atom is 0.275 e. The van der Waals surface area contributed by atoms with E-state index in [0.29, 0.717) is 17.1 Å². The van der Waals surface area contributed by atoms with Gasteiger partial charge in [0.1, 0.15) is 12.4 Å². The van der Waals surface area contributed by atoms with E-state index >= 15 is 0 Å². The number of hydrogen-bond donors (Lipinski definition) is 2. The molecule has 3 rings (SSSR count). The normalized spacial score (nSPS) is 17.6. The Kier molecular flexibility index (Phi) is 5.71. The van der Waals surface area contributed by atoms with Gasteiger partial charge in [-0.3, -0.25) is 4.79 Å². The molecule has 2 N–H and O–H groups in total. The number of halogens is 2. The molecular formula is C20H23ClFN2O+. The summed E-state index contributed by atoms with van der Waals surface area (Å²) >= 11 is 6.07. The summed E-state index contributed by atoms with van der Waals surface area (Å²) in [6, 6.07) is 13.0. The number of likely N-dealkylation sites (N-methyl/N-ethyl adjacent to an activating group) is 1. The molecule has 1 aliphatic rings. The van der Waals surface area contributed by atoms with Crippen molar-refractivity contribution in [3.05, 3.63) is 70.0 Å². The van der Waals surface area contributed by atoms with Crippen LogP contribution in [-0.2, 0) is 17.8 Å². The third-order valence-corrected chi connectivity index (χ3v) is 5.06. The average Bonchev–Trinajstić information content (AvgIpc) is 2.58. The van der Waals surface area contributed by atoms with Gasteiger partial charge in [-0.1, -0.05) is 41.9 Å². The number of carbonyl (C=O) groups is 1. The van der Waals surface area contributed by atoms with Crippen molar-refractivity contribution in [1.29, 1.82) is 0 Å². The van der Waals surface area contributed by atoms with Crippen molar-refractivity contribution < 1.29 is 14.1 Å². The molecule has 0 heterocycles. The molecule has 1 unspecified atom stereocenters. The highest BCUT2D eigenvalue weighted by Crippen LogP contribution is 2.29. The van der Waals surface area contributed by atoms with Crippen LogP contribution in [0.4, 0.5) is 4.39 Å². The van der Waals surface area contributed by atoms with Gasteiger partial charge in [0.05, 0.1) is 23.7 Å². The van der Waals surface area contributed by atoms with Crippen LogP contribution in [0.5, 0.6) is 0 Å². The predicted octanol–water partition coefficient (Wildman–Crippen LogP) is 2.69. The molecule has 132 valence electrons. The van der Waals surface area contributed by atoms with Gasteiger partial charge in [0.25, 0.3) is 5.91 Å². The number of aryl methyl sites for hydroxylation is 1. The van der Waals surface area contributed by atoms with Gasteiger partial charge in [0.2, 0.25) is 0 Å². The summed E-state index contributed by atoms with van der Waals surface area (Å²) in [7, 11) is 1.87. The van der Waals surface area contributed by atoms with Gasteiger partial charge < -0.3 is 10.2 Å². The van der Waals surface area contributed by atoms with Crippen LogP contribution in [-0.4, -0.2) is 19.5 Å². The predicted molar refractivity (Wildman–Crippen MR) is 97.1 cm³/mol. The quantitative estimate of drug-likeness (QED) is 0.843. The molecule has 25 heavy (non-hydrogen) atoms. The van der Waals surface area contributed by atoms with Gasteiger partial charge >= 0.3 is 0 Å². The van der Waals surface area contributed by atoms with E-state index in [-0.39, 0.29) is 24.3 Å². The smallest absolute Gasteiger partial charge is 0.275 e. The minimum Gasteiger partial charge on any atom is -0.344 e. The Bertz CT molecular complexity index is 745. The Labute approximate surface area is 152 Å². The van der Waals surface area contributed by atoms with E-state index in [1.54, 1.807) is 12.1 Å². The lowest BCUT2D eigenvalue weighted by atomic mass is 9.88. The van der Waals surface area contributed by atoms with Crippen LogP contribution in [0, 0.1) is 5.82 Å². The highest BCUT2D eigenvalue weighted by atomic mass is 35.5. The minimum absolute atomic E-state index is 0.0216. The second-order valence-electron chi connectivity index (χ2n) is 6.72. The molecule has 1 aliphatic carbocycles. The Hall–Kier alpha value is -1.91. The number of fused-ring (bicyclic) bond motifs is 1. The van der Waals surface area contributed by atoms with Crippen molar-refractivity contribution in [3.63, 3.8) is 0 Å². The van der Waals surface area contributed by atoms with Crippen LogP contribution in [0.3, 0.4) is 0 Å². The summed E-state index contributed by atoms with van der Waals surface area (Å²) in [5.74, 6) is -0.347. The topological polar surface area (TPSA) is 33.5 Å². The van der Waals surface area contributed by atoms with Crippen molar-refractivity contribution in [3.8, 4) is 0 Å². The lowest BCUT2D eigenvalue weighted by Crippen LogP contribution is -3.09. The molecular weight excluding hydrogens is 339 g/mol. The van der Waals surface area contributed by atoms with Crippen molar-refractivity contribution in [1.82, 2.24) is 5.32 Å². The van der Waals surface area contributed by atoms with Gasteiger partial charge in [-0.15, -0.1) is 0 Å². The van der Waals surface area contributed by atoms with E-state index in [0.717, 1.165) is 24.2 Å². The van der Waals surface area contributed by atoms with E-state index in [1.807, 2.05) is 19.2 Å². The molecule has 2 atom stereocenters. The third kappa shape index (κ3) is 4.39. The molecule has 3 nitrogen and oxygen atoms in total. The number of carbonyl (C=O) groups excluding carboxylic acids is 1. The van der Waals surface area contributed by atoms with Gasteiger partial charge in [0, 0.05) is 0 Å². The number of amides is 1. The monoisotopic (exact) mass is 361 g/mol. The van der Waals surface area contributed by atoms with Crippen LogP contribution >= 0.6 is 11.6 Å². The molecule has 2 aromatic carbocycles. The Morgan fingerprint density at radius 3 is 2.88 bits per heavy atom. The zero-order valence-corrected chi connectivity index (χ0v) is 15.1. The molecule has 1 amide bonds. The Balaban J connectivity index is 1.60. The molecule has 0 aromatic heterocycles. The van der Waals surface area contributed by atoms with Crippen molar-refractivity contribution in [2.75, 3.05) is 13.6 Å². The maximum atomic E-state index is 13.9. The van der Waals surface area contributed by atoms with Crippen LogP contribution in [0.1, 0.15) is 35.6 Å². The number of benzene rings is 2. The fourth-order valence-electron chi connectivity index (χ4n) is 3.49. The van der Waals surface area contributed by atoms with Gasteiger partial charge in [-0.05, 0) is 42.5 Å². The SMILES string of the molecule is C[NH+](CC(=O)N[C@@H]1CCCc2ccccc21)Cc1c(F)cccc1Cl. The summed E-state index contributed by atoms with van der Waals surface area (Å²) in [5, 5.41) is 3.54. The van der Waals surface area contributed by atoms with Crippen LogP contribution in [0.15, 0.2) is 42.5 Å². The molecule has 0 bridgehead atoms. The van der Waals surface area contributed by atoms with E-state index < -0.39 is 0 Å². The zero-order valence-electron chi connectivity index (χ0n) is 14.3. The second kappa shape index (κ2) is 7.98. The standard InChI is InChI=1S/C20H22ClFN2O/c1-24(12-16-17(21)9-5-10-18(16)22)13-20(25)23-19-11-4-7-14-6-2-3-8-15(14)19/h2-3,5-6,8-10,19H,4,7,11-13H2,1H3,(H,23,25)/p+1/t19-/m1/s1. The minimum atomic E-state index is -0.325. The fourth-order valence-corrected chi connectivity index (χ4v) is 3.72. The third-order valence-electron chi connectivity index (χ3n) is 4.71. The molecule has 0 fully saturated rings. The highest BCUT2D eigenvalue weighted by Gasteiger charge is 2.23. The highest BCUT2D eigenvalue weighted by molar-refractivity contribution is 6.31. The van der Waals surface area contributed by atoms with Crippen molar-refractivity contribution >= 4 is 17.5 Å². The summed E-state index contributed by atoms with van der Waals surface area (Å²) in [6.45, 7) is 0.656. The first-order valence-corrected chi connectivity index (χ1v) is 9.03. The Morgan fingerprint density at radius 1 is 1.28 bits per heavy atom. The fraction of sp³-hybridized carbons (Fsp3) is 0.350. The average molecular weight is 362 g/mol. The summed E-state index contributed by atoms with van der Waals surface area (Å²) in [6.07, 6.45) is 3.11. The molecule has 2 aromatic rings. The first-order valence-electron chi connectivity index (χ1n) is 8.66.